The highest BCUT2D eigenvalue weighted by atomic mass is 35.5. The van der Waals surface area contributed by atoms with Gasteiger partial charge >= 0.3 is 6.03 Å². The minimum atomic E-state index is -0.0181. The molecule has 1 heterocycles. The monoisotopic (exact) mass is 387 g/mol. The summed E-state index contributed by atoms with van der Waals surface area (Å²) in [5.74, 6) is 0.767. The zero-order valence-electron chi connectivity index (χ0n) is 16.1. The second-order valence-corrected chi connectivity index (χ2v) is 7.30. The summed E-state index contributed by atoms with van der Waals surface area (Å²) in [7, 11) is 1.65. The summed E-state index contributed by atoms with van der Waals surface area (Å²) < 4.78 is 5.49. The van der Waals surface area contributed by atoms with Crippen molar-refractivity contribution in [2.45, 2.75) is 20.4 Å². The van der Waals surface area contributed by atoms with Gasteiger partial charge in [0, 0.05) is 43.8 Å². The van der Waals surface area contributed by atoms with E-state index in [1.54, 1.807) is 7.11 Å². The molecule has 144 valence electrons. The molecule has 1 fully saturated rings. The molecule has 6 heteroatoms. The van der Waals surface area contributed by atoms with E-state index >= 15 is 0 Å². The average molecular weight is 388 g/mol. The summed E-state index contributed by atoms with van der Waals surface area (Å²) in [5.41, 5.74) is 4.36. The number of methoxy groups -OCH3 is 1. The number of benzene rings is 2. The van der Waals surface area contributed by atoms with E-state index in [0.29, 0.717) is 24.7 Å². The van der Waals surface area contributed by atoms with E-state index in [-0.39, 0.29) is 6.03 Å². The first-order valence-electron chi connectivity index (χ1n) is 9.15. The number of hydrogen-bond acceptors (Lipinski definition) is 3. The van der Waals surface area contributed by atoms with Gasteiger partial charge in [-0.05, 0) is 31.0 Å². The van der Waals surface area contributed by atoms with Crippen LogP contribution in [0.15, 0.2) is 36.4 Å². The molecule has 0 bridgehead atoms. The van der Waals surface area contributed by atoms with Crippen molar-refractivity contribution in [1.82, 2.24) is 10.2 Å². The lowest BCUT2D eigenvalue weighted by Crippen LogP contribution is -2.51. The van der Waals surface area contributed by atoms with E-state index in [1.165, 1.54) is 5.56 Å². The SMILES string of the molecule is COc1cc(Cl)c(C)cc1N1CCN(C(=O)NCc2cccc(C)c2)CC1. The molecule has 27 heavy (non-hydrogen) atoms. The smallest absolute Gasteiger partial charge is 0.317 e. The predicted molar refractivity (Wildman–Crippen MR) is 110 cm³/mol. The van der Waals surface area contributed by atoms with Crippen molar-refractivity contribution in [2.24, 2.45) is 0 Å². The number of hydrogen-bond donors (Lipinski definition) is 1. The molecule has 0 radical (unpaired) electrons. The van der Waals surface area contributed by atoms with Crippen LogP contribution in [0.25, 0.3) is 0 Å². The van der Waals surface area contributed by atoms with Gasteiger partial charge in [-0.3, -0.25) is 0 Å². The van der Waals surface area contributed by atoms with Crippen molar-refractivity contribution in [3.8, 4) is 5.75 Å². The number of halogens is 1. The molecular formula is C21H26ClN3O2. The van der Waals surface area contributed by atoms with Gasteiger partial charge in [0.15, 0.2) is 0 Å². The number of piperazine rings is 1. The van der Waals surface area contributed by atoms with Crippen LogP contribution in [0, 0.1) is 13.8 Å². The molecule has 0 unspecified atom stereocenters. The van der Waals surface area contributed by atoms with Gasteiger partial charge in [0.05, 0.1) is 12.8 Å². The molecule has 3 rings (SSSR count). The van der Waals surface area contributed by atoms with Gasteiger partial charge < -0.3 is 19.9 Å². The van der Waals surface area contributed by atoms with Crippen molar-refractivity contribution in [2.75, 3.05) is 38.2 Å². The second-order valence-electron chi connectivity index (χ2n) is 6.90. The number of nitrogens with zero attached hydrogens (tertiary/aromatic N) is 2. The Morgan fingerprint density at radius 3 is 2.56 bits per heavy atom. The van der Waals surface area contributed by atoms with Crippen molar-refractivity contribution in [1.29, 1.82) is 0 Å². The van der Waals surface area contributed by atoms with Crippen LogP contribution in [0.4, 0.5) is 10.5 Å². The zero-order chi connectivity index (χ0) is 19.4. The van der Waals surface area contributed by atoms with Crippen molar-refractivity contribution >= 4 is 23.3 Å². The minimum Gasteiger partial charge on any atom is -0.495 e. The van der Waals surface area contributed by atoms with Crippen molar-refractivity contribution in [3.05, 3.63) is 58.1 Å². The maximum Gasteiger partial charge on any atom is 0.317 e. The highest BCUT2D eigenvalue weighted by Crippen LogP contribution is 2.34. The predicted octanol–water partition coefficient (Wildman–Crippen LogP) is 4.00. The Kier molecular flexibility index (Phi) is 6.11. The van der Waals surface area contributed by atoms with Gasteiger partial charge in [-0.25, -0.2) is 4.79 Å². The Labute approximate surface area is 165 Å². The third-order valence-electron chi connectivity index (χ3n) is 4.89. The summed E-state index contributed by atoms with van der Waals surface area (Å²) in [4.78, 5) is 16.6. The maximum absolute atomic E-state index is 12.5. The molecule has 5 nitrogen and oxygen atoms in total. The van der Waals surface area contributed by atoms with Gasteiger partial charge in [0.1, 0.15) is 5.75 Å². The lowest BCUT2D eigenvalue weighted by molar-refractivity contribution is 0.194. The zero-order valence-corrected chi connectivity index (χ0v) is 16.8. The van der Waals surface area contributed by atoms with Crippen LogP contribution in [0.2, 0.25) is 5.02 Å². The van der Waals surface area contributed by atoms with E-state index in [2.05, 4.69) is 35.3 Å². The van der Waals surface area contributed by atoms with Gasteiger partial charge in [-0.1, -0.05) is 41.4 Å². The third-order valence-corrected chi connectivity index (χ3v) is 5.30. The number of carbonyl (C=O) groups is 1. The van der Waals surface area contributed by atoms with Gasteiger partial charge in [-0.2, -0.15) is 0 Å². The van der Waals surface area contributed by atoms with E-state index in [1.807, 2.05) is 30.0 Å². The highest BCUT2D eigenvalue weighted by molar-refractivity contribution is 6.31. The third kappa shape index (κ3) is 4.66. The molecule has 0 aliphatic carbocycles. The summed E-state index contributed by atoms with van der Waals surface area (Å²) in [6.45, 7) is 7.45. The Hall–Kier alpha value is -2.40. The first-order chi connectivity index (χ1) is 13.0. The number of urea groups is 1. The fourth-order valence-corrected chi connectivity index (χ4v) is 3.47. The Balaban J connectivity index is 1.57. The maximum atomic E-state index is 12.5. The molecule has 2 aromatic rings. The van der Waals surface area contributed by atoms with Crippen molar-refractivity contribution < 1.29 is 9.53 Å². The fourth-order valence-electron chi connectivity index (χ4n) is 3.32. The molecule has 0 saturated carbocycles. The van der Waals surface area contributed by atoms with Gasteiger partial charge in [0.25, 0.3) is 0 Å². The van der Waals surface area contributed by atoms with Crippen LogP contribution in [0.3, 0.4) is 0 Å². The summed E-state index contributed by atoms with van der Waals surface area (Å²) in [5, 5.41) is 3.71. The summed E-state index contributed by atoms with van der Waals surface area (Å²) >= 11 is 6.20. The number of anilines is 1. The van der Waals surface area contributed by atoms with Gasteiger partial charge in [0.2, 0.25) is 0 Å². The molecule has 0 spiro atoms. The molecule has 0 atom stereocenters. The summed E-state index contributed by atoms with van der Waals surface area (Å²) in [6.07, 6.45) is 0. The molecule has 2 aromatic carbocycles. The van der Waals surface area contributed by atoms with Crippen molar-refractivity contribution in [3.63, 3.8) is 0 Å². The Bertz CT molecular complexity index is 817. The van der Waals surface area contributed by atoms with Crippen LogP contribution in [-0.4, -0.2) is 44.2 Å². The number of nitrogens with one attached hydrogen (secondary N) is 1. The minimum absolute atomic E-state index is 0.0181. The fraction of sp³-hybridized carbons (Fsp3) is 0.381. The second kappa shape index (κ2) is 8.53. The lowest BCUT2D eigenvalue weighted by atomic mass is 10.1. The summed E-state index contributed by atoms with van der Waals surface area (Å²) in [6, 6.07) is 12.1. The number of amides is 2. The molecule has 2 amide bonds. The van der Waals surface area contributed by atoms with Gasteiger partial charge in [-0.15, -0.1) is 0 Å². The number of rotatable bonds is 4. The Morgan fingerprint density at radius 1 is 1.15 bits per heavy atom. The largest absolute Gasteiger partial charge is 0.495 e. The highest BCUT2D eigenvalue weighted by Gasteiger charge is 2.23. The van der Waals surface area contributed by atoms with Crippen LogP contribution in [0.1, 0.15) is 16.7 Å². The van der Waals surface area contributed by atoms with E-state index in [4.69, 9.17) is 16.3 Å². The number of ether oxygens (including phenoxy) is 1. The first kappa shape index (κ1) is 19.4. The molecule has 0 aromatic heterocycles. The molecular weight excluding hydrogens is 362 g/mol. The number of carbonyl (C=O) groups excluding carboxylic acids is 1. The molecule has 1 aliphatic heterocycles. The number of aryl methyl sites for hydroxylation is 2. The molecule has 1 N–H and O–H groups in total. The average Bonchev–Trinajstić information content (AvgIpc) is 2.68. The van der Waals surface area contributed by atoms with E-state index in [0.717, 1.165) is 35.7 Å². The van der Waals surface area contributed by atoms with Crippen LogP contribution >= 0.6 is 11.6 Å². The lowest BCUT2D eigenvalue weighted by Gasteiger charge is -2.36. The quantitative estimate of drug-likeness (QED) is 0.862. The van der Waals surface area contributed by atoms with E-state index in [9.17, 15) is 4.79 Å². The first-order valence-corrected chi connectivity index (χ1v) is 9.53. The standard InChI is InChI=1S/C21H26ClN3O2/c1-15-5-4-6-17(11-15)14-23-21(26)25-9-7-24(8-10-25)19-12-16(2)18(22)13-20(19)27-3/h4-6,11-13H,7-10,14H2,1-3H3,(H,23,26). The van der Waals surface area contributed by atoms with Crippen LogP contribution in [-0.2, 0) is 6.54 Å². The molecule has 1 saturated heterocycles. The van der Waals surface area contributed by atoms with Crippen LogP contribution in [0.5, 0.6) is 5.75 Å². The normalized spacial score (nSPS) is 14.2. The Morgan fingerprint density at radius 2 is 1.89 bits per heavy atom. The van der Waals surface area contributed by atoms with E-state index < -0.39 is 0 Å². The molecule has 1 aliphatic rings. The topological polar surface area (TPSA) is 44.8 Å². The van der Waals surface area contributed by atoms with Crippen LogP contribution < -0.4 is 15.0 Å².